The average molecular weight is 218 g/mol. The van der Waals surface area contributed by atoms with Crippen LogP contribution in [0.25, 0.3) is 6.08 Å². The van der Waals surface area contributed by atoms with Crippen molar-refractivity contribution in [2.24, 2.45) is 5.73 Å². The lowest BCUT2D eigenvalue weighted by molar-refractivity contribution is 0.313. The van der Waals surface area contributed by atoms with Gasteiger partial charge in [0.15, 0.2) is 0 Å². The summed E-state index contributed by atoms with van der Waals surface area (Å²) in [4.78, 5) is 2.22. The monoisotopic (exact) mass is 218 g/mol. The summed E-state index contributed by atoms with van der Waals surface area (Å²) < 4.78 is 5.62. The zero-order chi connectivity index (χ0) is 11.4. The summed E-state index contributed by atoms with van der Waals surface area (Å²) in [6.45, 7) is 2.34. The molecule has 1 aromatic rings. The Labute approximate surface area is 96.5 Å². The fourth-order valence-corrected chi connectivity index (χ4v) is 1.81. The molecule has 1 heterocycles. The molecule has 1 aliphatic rings. The Balaban J connectivity index is 2.10. The number of anilines is 1. The number of hydrogen-bond donors (Lipinski definition) is 1. The molecule has 0 aromatic heterocycles. The first-order valence-electron chi connectivity index (χ1n) is 5.66. The van der Waals surface area contributed by atoms with Gasteiger partial charge in [0.1, 0.15) is 5.75 Å². The number of likely N-dealkylation sites (N-methyl/N-ethyl adjacent to an activating group) is 1. The molecule has 2 N–H and O–H groups in total. The fraction of sp³-hybridized carbons (Fsp3) is 0.385. The second kappa shape index (κ2) is 5.03. The third-order valence-electron chi connectivity index (χ3n) is 2.70. The molecule has 3 nitrogen and oxygen atoms in total. The van der Waals surface area contributed by atoms with Crippen molar-refractivity contribution in [1.82, 2.24) is 0 Å². The largest absolute Gasteiger partial charge is 0.494 e. The minimum Gasteiger partial charge on any atom is -0.494 e. The maximum atomic E-state index is 5.62. The predicted octanol–water partition coefficient (Wildman–Crippen LogP) is 1.88. The van der Waals surface area contributed by atoms with Gasteiger partial charge in [-0.15, -0.1) is 0 Å². The van der Waals surface area contributed by atoms with Crippen molar-refractivity contribution in [2.45, 2.75) is 6.42 Å². The molecule has 0 bridgehead atoms. The van der Waals surface area contributed by atoms with Gasteiger partial charge in [-0.25, -0.2) is 0 Å². The number of ether oxygens (including phenoxy) is 1. The molecule has 0 fully saturated rings. The first-order chi connectivity index (χ1) is 7.81. The third kappa shape index (κ3) is 2.36. The Morgan fingerprint density at radius 1 is 1.44 bits per heavy atom. The van der Waals surface area contributed by atoms with Gasteiger partial charge in [-0.05, 0) is 31.2 Å². The summed E-state index contributed by atoms with van der Waals surface area (Å²) in [5.74, 6) is 0.923. The number of nitrogens with zero attached hydrogens (tertiary/aromatic N) is 1. The van der Waals surface area contributed by atoms with Crippen LogP contribution >= 0.6 is 0 Å². The SMILES string of the molecule is CN1CC=Cc2cc(OCCCN)ccc21. The number of rotatable bonds is 4. The van der Waals surface area contributed by atoms with Crippen molar-refractivity contribution in [2.75, 3.05) is 31.6 Å². The zero-order valence-corrected chi connectivity index (χ0v) is 9.65. The van der Waals surface area contributed by atoms with Gasteiger partial charge in [0, 0.05) is 24.8 Å². The summed E-state index contributed by atoms with van der Waals surface area (Å²) in [6.07, 6.45) is 5.20. The third-order valence-corrected chi connectivity index (χ3v) is 2.70. The van der Waals surface area contributed by atoms with Gasteiger partial charge in [-0.2, -0.15) is 0 Å². The second-order valence-electron chi connectivity index (χ2n) is 3.99. The number of nitrogens with two attached hydrogens (primary N) is 1. The van der Waals surface area contributed by atoms with E-state index >= 15 is 0 Å². The van der Waals surface area contributed by atoms with Crippen molar-refractivity contribution in [3.8, 4) is 5.75 Å². The highest BCUT2D eigenvalue weighted by Crippen LogP contribution is 2.28. The molecule has 16 heavy (non-hydrogen) atoms. The molecule has 0 spiro atoms. The van der Waals surface area contributed by atoms with Crippen LogP contribution in [0.2, 0.25) is 0 Å². The van der Waals surface area contributed by atoms with E-state index in [0.717, 1.165) is 18.7 Å². The summed E-state index contributed by atoms with van der Waals surface area (Å²) >= 11 is 0. The molecule has 0 aliphatic carbocycles. The highest BCUT2D eigenvalue weighted by molar-refractivity contribution is 5.72. The molecule has 1 aliphatic heterocycles. The molecule has 1 aromatic carbocycles. The number of hydrogen-bond acceptors (Lipinski definition) is 3. The van der Waals surface area contributed by atoms with E-state index in [1.165, 1.54) is 11.3 Å². The first-order valence-corrected chi connectivity index (χ1v) is 5.66. The van der Waals surface area contributed by atoms with Crippen LogP contribution in [0.1, 0.15) is 12.0 Å². The smallest absolute Gasteiger partial charge is 0.120 e. The highest BCUT2D eigenvalue weighted by atomic mass is 16.5. The fourth-order valence-electron chi connectivity index (χ4n) is 1.81. The quantitative estimate of drug-likeness (QED) is 0.784. The van der Waals surface area contributed by atoms with Gasteiger partial charge < -0.3 is 15.4 Å². The van der Waals surface area contributed by atoms with Gasteiger partial charge in [-0.3, -0.25) is 0 Å². The molecule has 0 saturated heterocycles. The number of benzene rings is 1. The lowest BCUT2D eigenvalue weighted by Gasteiger charge is -2.23. The van der Waals surface area contributed by atoms with E-state index in [0.29, 0.717) is 13.2 Å². The van der Waals surface area contributed by atoms with Crippen molar-refractivity contribution >= 4 is 11.8 Å². The summed E-state index contributed by atoms with van der Waals surface area (Å²) in [5, 5.41) is 0. The van der Waals surface area contributed by atoms with E-state index in [-0.39, 0.29) is 0 Å². The highest BCUT2D eigenvalue weighted by Gasteiger charge is 2.09. The van der Waals surface area contributed by atoms with Gasteiger partial charge in [0.05, 0.1) is 6.61 Å². The van der Waals surface area contributed by atoms with Gasteiger partial charge in [-0.1, -0.05) is 12.2 Å². The van der Waals surface area contributed by atoms with Crippen LogP contribution in [0.15, 0.2) is 24.3 Å². The van der Waals surface area contributed by atoms with Crippen molar-refractivity contribution in [3.63, 3.8) is 0 Å². The zero-order valence-electron chi connectivity index (χ0n) is 9.65. The van der Waals surface area contributed by atoms with Gasteiger partial charge >= 0.3 is 0 Å². The first kappa shape index (κ1) is 11.0. The van der Waals surface area contributed by atoms with Crippen LogP contribution in [0.3, 0.4) is 0 Å². The minimum atomic E-state index is 0.674. The van der Waals surface area contributed by atoms with E-state index < -0.39 is 0 Å². The lowest BCUT2D eigenvalue weighted by atomic mass is 10.1. The molecule has 0 saturated carbocycles. The maximum Gasteiger partial charge on any atom is 0.120 e. The molecular formula is C13H18N2O. The van der Waals surface area contributed by atoms with Crippen molar-refractivity contribution in [3.05, 3.63) is 29.8 Å². The van der Waals surface area contributed by atoms with Crippen molar-refractivity contribution in [1.29, 1.82) is 0 Å². The van der Waals surface area contributed by atoms with Crippen molar-refractivity contribution < 1.29 is 4.74 Å². The van der Waals surface area contributed by atoms with E-state index in [9.17, 15) is 0 Å². The Morgan fingerprint density at radius 2 is 2.31 bits per heavy atom. The van der Waals surface area contributed by atoms with E-state index in [2.05, 4.69) is 36.2 Å². The average Bonchev–Trinajstić information content (AvgIpc) is 2.30. The Morgan fingerprint density at radius 3 is 3.12 bits per heavy atom. The van der Waals surface area contributed by atoms with Crippen LogP contribution in [-0.4, -0.2) is 26.7 Å². The summed E-state index contributed by atoms with van der Waals surface area (Å²) in [7, 11) is 2.09. The van der Waals surface area contributed by atoms with Crippen LogP contribution in [0.5, 0.6) is 5.75 Å². The normalized spacial score (nSPS) is 13.8. The van der Waals surface area contributed by atoms with E-state index in [1.54, 1.807) is 0 Å². The topological polar surface area (TPSA) is 38.5 Å². The standard InChI is InChI=1S/C13H18N2O/c1-15-8-2-4-11-10-12(5-6-13(11)15)16-9-3-7-14/h2,4-6,10H,3,7-9,14H2,1H3. The maximum absolute atomic E-state index is 5.62. The summed E-state index contributed by atoms with van der Waals surface area (Å²) in [6, 6.07) is 6.21. The van der Waals surface area contributed by atoms with Gasteiger partial charge in [0.2, 0.25) is 0 Å². The van der Waals surface area contributed by atoms with Crippen LogP contribution in [-0.2, 0) is 0 Å². The Hall–Kier alpha value is -1.48. The lowest BCUT2D eigenvalue weighted by Crippen LogP contribution is -2.20. The molecule has 86 valence electrons. The predicted molar refractivity (Wildman–Crippen MR) is 67.9 cm³/mol. The molecule has 0 unspecified atom stereocenters. The molecular weight excluding hydrogens is 200 g/mol. The molecule has 3 heteroatoms. The van der Waals surface area contributed by atoms with Crippen LogP contribution in [0, 0.1) is 0 Å². The molecule has 0 radical (unpaired) electrons. The van der Waals surface area contributed by atoms with Gasteiger partial charge in [0.25, 0.3) is 0 Å². The van der Waals surface area contributed by atoms with E-state index in [4.69, 9.17) is 10.5 Å². The second-order valence-corrected chi connectivity index (χ2v) is 3.99. The number of fused-ring (bicyclic) bond motifs is 1. The van der Waals surface area contributed by atoms with E-state index in [1.807, 2.05) is 6.07 Å². The summed E-state index contributed by atoms with van der Waals surface area (Å²) in [5.41, 5.74) is 7.90. The van der Waals surface area contributed by atoms with Crippen LogP contribution in [0.4, 0.5) is 5.69 Å². The minimum absolute atomic E-state index is 0.674. The molecule has 2 rings (SSSR count). The molecule has 0 amide bonds. The van der Waals surface area contributed by atoms with Crippen LogP contribution < -0.4 is 15.4 Å². The Kier molecular flexibility index (Phi) is 3.47. The molecule has 0 atom stereocenters. The Bertz CT molecular complexity index is 388.